The normalized spacial score (nSPS) is 13.1. The first-order valence-electron chi connectivity index (χ1n) is 6.31. The summed E-state index contributed by atoms with van der Waals surface area (Å²) in [4.78, 5) is 4.20. The SMILES string of the molecule is OC(CN=CC=Cc1ccccc1)c1ccccc1. The number of aliphatic hydroxyl groups excluding tert-OH is 1. The largest absolute Gasteiger partial charge is 0.386 e. The molecule has 2 aromatic carbocycles. The molecular weight excluding hydrogens is 234 g/mol. The molecule has 1 unspecified atom stereocenters. The predicted octanol–water partition coefficient (Wildman–Crippen LogP) is 3.50. The number of benzene rings is 2. The van der Waals surface area contributed by atoms with Crippen LogP contribution in [0.2, 0.25) is 0 Å². The molecule has 19 heavy (non-hydrogen) atoms. The van der Waals surface area contributed by atoms with Gasteiger partial charge in [0.15, 0.2) is 0 Å². The van der Waals surface area contributed by atoms with Crippen molar-refractivity contribution in [2.75, 3.05) is 6.54 Å². The van der Waals surface area contributed by atoms with E-state index >= 15 is 0 Å². The maximum absolute atomic E-state index is 9.90. The van der Waals surface area contributed by atoms with Crippen molar-refractivity contribution in [3.8, 4) is 0 Å². The van der Waals surface area contributed by atoms with Crippen LogP contribution in [0.1, 0.15) is 17.2 Å². The second-order valence-corrected chi connectivity index (χ2v) is 4.21. The summed E-state index contributed by atoms with van der Waals surface area (Å²) >= 11 is 0. The summed E-state index contributed by atoms with van der Waals surface area (Å²) in [5.74, 6) is 0. The highest BCUT2D eigenvalue weighted by molar-refractivity contribution is 5.78. The van der Waals surface area contributed by atoms with Gasteiger partial charge in [0.2, 0.25) is 0 Å². The van der Waals surface area contributed by atoms with Crippen LogP contribution in [0.25, 0.3) is 6.08 Å². The molecule has 2 heteroatoms. The number of aliphatic imine (C=N–C) groups is 1. The lowest BCUT2D eigenvalue weighted by atomic mass is 10.1. The molecule has 0 heterocycles. The number of hydrogen-bond acceptors (Lipinski definition) is 2. The van der Waals surface area contributed by atoms with Crippen molar-refractivity contribution in [1.29, 1.82) is 0 Å². The maximum Gasteiger partial charge on any atom is 0.0985 e. The lowest BCUT2D eigenvalue weighted by Crippen LogP contribution is -2.00. The average molecular weight is 251 g/mol. The van der Waals surface area contributed by atoms with Crippen molar-refractivity contribution < 1.29 is 5.11 Å². The van der Waals surface area contributed by atoms with Crippen LogP contribution in [0.3, 0.4) is 0 Å². The standard InChI is InChI=1S/C17H17NO/c19-17(16-11-5-2-6-12-16)14-18-13-7-10-15-8-3-1-4-9-15/h1-13,17,19H,14H2. The van der Waals surface area contributed by atoms with Gasteiger partial charge in [0.05, 0.1) is 12.6 Å². The number of nitrogens with zero attached hydrogens (tertiary/aromatic N) is 1. The molecule has 0 fully saturated rings. The summed E-state index contributed by atoms with van der Waals surface area (Å²) < 4.78 is 0. The summed E-state index contributed by atoms with van der Waals surface area (Å²) in [7, 11) is 0. The van der Waals surface area contributed by atoms with E-state index in [9.17, 15) is 5.11 Å². The lowest BCUT2D eigenvalue weighted by molar-refractivity contribution is 0.187. The summed E-state index contributed by atoms with van der Waals surface area (Å²) in [5, 5.41) is 9.90. The van der Waals surface area contributed by atoms with Crippen molar-refractivity contribution in [2.45, 2.75) is 6.10 Å². The quantitative estimate of drug-likeness (QED) is 0.810. The van der Waals surface area contributed by atoms with Gasteiger partial charge in [-0.2, -0.15) is 0 Å². The van der Waals surface area contributed by atoms with Gasteiger partial charge in [0.1, 0.15) is 0 Å². The van der Waals surface area contributed by atoms with Gasteiger partial charge in [0, 0.05) is 6.21 Å². The minimum absolute atomic E-state index is 0.378. The first-order valence-corrected chi connectivity index (χ1v) is 6.31. The third kappa shape index (κ3) is 4.53. The fourth-order valence-corrected chi connectivity index (χ4v) is 1.72. The fraction of sp³-hybridized carbons (Fsp3) is 0.118. The second-order valence-electron chi connectivity index (χ2n) is 4.21. The molecule has 2 nitrogen and oxygen atoms in total. The smallest absolute Gasteiger partial charge is 0.0985 e. The molecule has 1 atom stereocenters. The molecule has 0 aromatic heterocycles. The molecule has 0 aliphatic rings. The minimum Gasteiger partial charge on any atom is -0.386 e. The Morgan fingerprint density at radius 1 is 0.947 bits per heavy atom. The van der Waals surface area contributed by atoms with Crippen molar-refractivity contribution >= 4 is 12.3 Å². The summed E-state index contributed by atoms with van der Waals surface area (Å²) in [6.45, 7) is 0.378. The van der Waals surface area contributed by atoms with Crippen LogP contribution in [0.5, 0.6) is 0 Å². The van der Waals surface area contributed by atoms with Gasteiger partial charge >= 0.3 is 0 Å². The molecule has 0 aliphatic carbocycles. The van der Waals surface area contributed by atoms with E-state index in [2.05, 4.69) is 4.99 Å². The van der Waals surface area contributed by atoms with Gasteiger partial charge in [-0.15, -0.1) is 0 Å². The molecule has 1 N–H and O–H groups in total. The Labute approximate surface area is 113 Å². The number of rotatable bonds is 5. The van der Waals surface area contributed by atoms with Crippen molar-refractivity contribution in [2.24, 2.45) is 4.99 Å². The third-order valence-corrected chi connectivity index (χ3v) is 2.74. The molecular formula is C17H17NO. The zero-order valence-electron chi connectivity index (χ0n) is 10.7. The van der Waals surface area contributed by atoms with E-state index < -0.39 is 6.10 Å². The van der Waals surface area contributed by atoms with E-state index in [0.717, 1.165) is 11.1 Å². The summed E-state index contributed by atoms with van der Waals surface area (Å²) in [6, 6.07) is 19.6. The van der Waals surface area contributed by atoms with Gasteiger partial charge < -0.3 is 5.11 Å². The monoisotopic (exact) mass is 251 g/mol. The molecule has 2 aromatic rings. The molecule has 0 aliphatic heterocycles. The molecule has 0 bridgehead atoms. The molecule has 0 saturated carbocycles. The second kappa shape index (κ2) is 7.29. The van der Waals surface area contributed by atoms with Crippen LogP contribution in [-0.4, -0.2) is 17.9 Å². The molecule has 96 valence electrons. The zero-order valence-corrected chi connectivity index (χ0v) is 10.7. The zero-order chi connectivity index (χ0) is 13.3. The highest BCUT2D eigenvalue weighted by Gasteiger charge is 2.03. The Balaban J connectivity index is 1.82. The number of allylic oxidation sites excluding steroid dienone is 1. The lowest BCUT2D eigenvalue weighted by Gasteiger charge is -2.06. The van der Waals surface area contributed by atoms with E-state index in [1.54, 1.807) is 6.21 Å². The highest BCUT2D eigenvalue weighted by Crippen LogP contribution is 2.11. The van der Waals surface area contributed by atoms with E-state index in [1.807, 2.05) is 72.8 Å². The van der Waals surface area contributed by atoms with E-state index in [1.165, 1.54) is 0 Å². The minimum atomic E-state index is -0.539. The van der Waals surface area contributed by atoms with Gasteiger partial charge in [0.25, 0.3) is 0 Å². The molecule has 2 rings (SSSR count). The molecule has 0 spiro atoms. The van der Waals surface area contributed by atoms with Crippen LogP contribution in [-0.2, 0) is 0 Å². The topological polar surface area (TPSA) is 32.6 Å². The van der Waals surface area contributed by atoms with Crippen LogP contribution in [0.15, 0.2) is 71.7 Å². The predicted molar refractivity (Wildman–Crippen MR) is 80.2 cm³/mol. The Kier molecular flexibility index (Phi) is 5.08. The summed E-state index contributed by atoms with van der Waals surface area (Å²) in [6.07, 6.45) is 5.05. The average Bonchev–Trinajstić information content (AvgIpc) is 2.49. The molecule has 0 radical (unpaired) electrons. The third-order valence-electron chi connectivity index (χ3n) is 2.74. The first-order chi connectivity index (χ1) is 9.36. The van der Waals surface area contributed by atoms with E-state index in [0.29, 0.717) is 6.54 Å². The Hall–Kier alpha value is -2.19. The van der Waals surface area contributed by atoms with E-state index in [4.69, 9.17) is 0 Å². The Morgan fingerprint density at radius 2 is 1.58 bits per heavy atom. The fourth-order valence-electron chi connectivity index (χ4n) is 1.72. The molecule has 0 amide bonds. The van der Waals surface area contributed by atoms with E-state index in [-0.39, 0.29) is 0 Å². The van der Waals surface area contributed by atoms with Crippen molar-refractivity contribution in [3.63, 3.8) is 0 Å². The summed E-state index contributed by atoms with van der Waals surface area (Å²) in [5.41, 5.74) is 2.03. The van der Waals surface area contributed by atoms with Crippen molar-refractivity contribution in [3.05, 3.63) is 77.9 Å². The first kappa shape index (κ1) is 13.2. The Morgan fingerprint density at radius 3 is 2.26 bits per heavy atom. The highest BCUT2D eigenvalue weighted by atomic mass is 16.3. The molecule has 0 saturated heterocycles. The van der Waals surface area contributed by atoms with Gasteiger partial charge in [-0.05, 0) is 17.2 Å². The van der Waals surface area contributed by atoms with Crippen LogP contribution >= 0.6 is 0 Å². The van der Waals surface area contributed by atoms with Gasteiger partial charge in [-0.1, -0.05) is 66.7 Å². The van der Waals surface area contributed by atoms with Crippen molar-refractivity contribution in [1.82, 2.24) is 0 Å². The van der Waals surface area contributed by atoms with Crippen LogP contribution in [0, 0.1) is 0 Å². The maximum atomic E-state index is 9.90. The van der Waals surface area contributed by atoms with Gasteiger partial charge in [-0.3, -0.25) is 4.99 Å². The number of hydrogen-bond donors (Lipinski definition) is 1. The van der Waals surface area contributed by atoms with Crippen LogP contribution < -0.4 is 0 Å². The number of aliphatic hydroxyl groups is 1. The van der Waals surface area contributed by atoms with Gasteiger partial charge in [-0.25, -0.2) is 0 Å². The van der Waals surface area contributed by atoms with Crippen LogP contribution in [0.4, 0.5) is 0 Å². The Bertz CT molecular complexity index is 532.